The van der Waals surface area contributed by atoms with Crippen LogP contribution in [-0.2, 0) is 0 Å². The molecule has 0 unspecified atom stereocenters. The Balaban J connectivity index is 1.47. The first-order valence-electron chi connectivity index (χ1n) is 9.85. The molecule has 2 aromatic carbocycles. The Kier molecular flexibility index (Phi) is 5.48. The van der Waals surface area contributed by atoms with Crippen molar-refractivity contribution in [2.24, 2.45) is 0 Å². The third-order valence-electron chi connectivity index (χ3n) is 5.29. The first kappa shape index (κ1) is 20.0. The monoisotopic (exact) mass is 412 g/mol. The smallest absolute Gasteiger partial charge is 0.295 e. The molecule has 30 heavy (non-hydrogen) atoms. The summed E-state index contributed by atoms with van der Waals surface area (Å²) in [7, 11) is 0. The molecule has 1 aromatic heterocycles. The van der Waals surface area contributed by atoms with Crippen molar-refractivity contribution in [2.45, 2.75) is 19.8 Å². The fourth-order valence-corrected chi connectivity index (χ4v) is 3.73. The van der Waals surface area contributed by atoms with E-state index in [1.807, 2.05) is 25.1 Å². The lowest BCUT2D eigenvalue weighted by molar-refractivity contribution is 0.0719. The number of imidazole rings is 1. The number of hydrogen-bond acceptors (Lipinski definition) is 3. The van der Waals surface area contributed by atoms with E-state index in [2.05, 4.69) is 9.97 Å². The lowest BCUT2D eigenvalue weighted by Crippen LogP contribution is -2.37. The summed E-state index contributed by atoms with van der Waals surface area (Å²) in [5, 5.41) is 0. The Morgan fingerprint density at radius 3 is 2.27 bits per heavy atom. The number of rotatable bonds is 3. The molecule has 0 radical (unpaired) electrons. The number of aryl methyl sites for hydroxylation is 1. The summed E-state index contributed by atoms with van der Waals surface area (Å²) < 4.78 is 25.7. The second-order valence-corrected chi connectivity index (χ2v) is 7.46. The Morgan fingerprint density at radius 2 is 1.63 bits per heavy atom. The molecule has 1 fully saturated rings. The van der Waals surface area contributed by atoms with Gasteiger partial charge in [-0.05, 0) is 43.7 Å². The average Bonchev–Trinajstić information content (AvgIpc) is 3.02. The first-order valence-corrected chi connectivity index (χ1v) is 9.85. The maximum atomic E-state index is 13.0. The largest absolute Gasteiger partial charge is 0.337 e. The van der Waals surface area contributed by atoms with Crippen LogP contribution in [-0.4, -0.2) is 57.8 Å². The number of benzene rings is 2. The highest BCUT2D eigenvalue weighted by molar-refractivity contribution is 5.98. The van der Waals surface area contributed by atoms with Crippen LogP contribution in [0.3, 0.4) is 0 Å². The minimum atomic E-state index is -2.70. The predicted molar refractivity (Wildman–Crippen MR) is 109 cm³/mol. The second-order valence-electron chi connectivity index (χ2n) is 7.46. The number of H-pyrrole nitrogens is 1. The number of nitrogens with zero attached hydrogens (tertiary/aromatic N) is 3. The van der Waals surface area contributed by atoms with Gasteiger partial charge in [-0.2, -0.15) is 0 Å². The second kappa shape index (κ2) is 8.22. The molecule has 0 saturated carbocycles. The number of fused-ring (bicyclic) bond motifs is 1. The van der Waals surface area contributed by atoms with Gasteiger partial charge in [0.05, 0.1) is 11.0 Å². The summed E-state index contributed by atoms with van der Waals surface area (Å²) in [6.45, 7) is 3.91. The quantitative estimate of drug-likeness (QED) is 0.712. The molecule has 4 rings (SSSR count). The fourth-order valence-electron chi connectivity index (χ4n) is 3.73. The van der Waals surface area contributed by atoms with Gasteiger partial charge in [-0.3, -0.25) is 9.59 Å². The summed E-state index contributed by atoms with van der Waals surface area (Å²) in [5.41, 5.74) is 2.88. The average molecular weight is 412 g/mol. The number of aromatic nitrogens is 2. The number of carbonyl (C=O) groups excluding carboxylic acids is 2. The summed E-state index contributed by atoms with van der Waals surface area (Å²) in [4.78, 5) is 35.6. The Labute approximate surface area is 172 Å². The van der Waals surface area contributed by atoms with Gasteiger partial charge in [-0.1, -0.05) is 17.7 Å². The molecule has 1 aliphatic rings. The van der Waals surface area contributed by atoms with E-state index in [9.17, 15) is 18.4 Å². The Bertz CT molecular complexity index is 1100. The highest BCUT2D eigenvalue weighted by atomic mass is 19.3. The zero-order valence-corrected chi connectivity index (χ0v) is 16.6. The van der Waals surface area contributed by atoms with Crippen LogP contribution in [0.1, 0.15) is 45.0 Å². The molecule has 2 heterocycles. The number of halogens is 2. The van der Waals surface area contributed by atoms with Crippen molar-refractivity contribution >= 4 is 22.8 Å². The topological polar surface area (TPSA) is 69.3 Å². The van der Waals surface area contributed by atoms with Crippen LogP contribution in [0, 0.1) is 6.92 Å². The fraction of sp³-hybridized carbons (Fsp3) is 0.318. The van der Waals surface area contributed by atoms with Crippen LogP contribution < -0.4 is 0 Å². The van der Waals surface area contributed by atoms with E-state index in [4.69, 9.17) is 0 Å². The summed E-state index contributed by atoms with van der Waals surface area (Å²) in [5.74, 6) is -0.629. The lowest BCUT2D eigenvalue weighted by atomic mass is 10.1. The molecule has 0 aliphatic carbocycles. The van der Waals surface area contributed by atoms with Crippen LogP contribution in [0.25, 0.3) is 11.0 Å². The minimum Gasteiger partial charge on any atom is -0.337 e. The summed E-state index contributed by atoms with van der Waals surface area (Å²) >= 11 is 0. The molecule has 1 N–H and O–H groups in total. The van der Waals surface area contributed by atoms with Crippen molar-refractivity contribution in [1.29, 1.82) is 0 Å². The van der Waals surface area contributed by atoms with Crippen molar-refractivity contribution in [2.75, 3.05) is 26.2 Å². The zero-order chi connectivity index (χ0) is 21.3. The Morgan fingerprint density at radius 1 is 0.967 bits per heavy atom. The molecule has 6 nitrogen and oxygen atoms in total. The molecule has 3 aromatic rings. The van der Waals surface area contributed by atoms with Crippen LogP contribution in [0.4, 0.5) is 8.78 Å². The van der Waals surface area contributed by atoms with Gasteiger partial charge in [0.15, 0.2) is 5.82 Å². The third-order valence-corrected chi connectivity index (χ3v) is 5.29. The summed E-state index contributed by atoms with van der Waals surface area (Å²) in [6.07, 6.45) is -2.02. The molecular weight excluding hydrogens is 390 g/mol. The minimum absolute atomic E-state index is 0.0357. The van der Waals surface area contributed by atoms with Gasteiger partial charge < -0.3 is 14.8 Å². The predicted octanol–water partition coefficient (Wildman–Crippen LogP) is 3.80. The van der Waals surface area contributed by atoms with Gasteiger partial charge in [-0.25, -0.2) is 13.8 Å². The molecule has 0 bridgehead atoms. The normalized spacial score (nSPS) is 14.9. The van der Waals surface area contributed by atoms with Crippen molar-refractivity contribution in [1.82, 2.24) is 19.8 Å². The van der Waals surface area contributed by atoms with Crippen LogP contribution in [0.15, 0.2) is 42.5 Å². The van der Waals surface area contributed by atoms with E-state index in [-0.39, 0.29) is 11.8 Å². The van der Waals surface area contributed by atoms with Crippen molar-refractivity contribution in [3.63, 3.8) is 0 Å². The van der Waals surface area contributed by atoms with Crippen molar-refractivity contribution in [3.8, 4) is 0 Å². The maximum Gasteiger partial charge on any atom is 0.295 e. The molecule has 0 atom stereocenters. The molecule has 156 valence electrons. The number of hydrogen-bond donors (Lipinski definition) is 1. The number of amides is 2. The number of aromatic amines is 1. The first-order chi connectivity index (χ1) is 14.4. The molecule has 1 aliphatic heterocycles. The molecule has 8 heteroatoms. The number of carbonyl (C=O) groups is 2. The van der Waals surface area contributed by atoms with E-state index >= 15 is 0 Å². The van der Waals surface area contributed by atoms with Crippen molar-refractivity contribution < 1.29 is 18.4 Å². The van der Waals surface area contributed by atoms with Gasteiger partial charge in [0.1, 0.15) is 0 Å². The number of alkyl halides is 2. The SMILES string of the molecule is Cc1cccc(C(=O)N2CCCN(C(=O)c3ccc4nc(C(F)F)[nH]c4c3)CC2)c1. The highest BCUT2D eigenvalue weighted by Gasteiger charge is 2.24. The van der Waals surface area contributed by atoms with E-state index in [0.717, 1.165) is 5.56 Å². The zero-order valence-electron chi connectivity index (χ0n) is 16.6. The van der Waals surface area contributed by atoms with E-state index < -0.39 is 12.2 Å². The van der Waals surface area contributed by atoms with Crippen LogP contribution >= 0.6 is 0 Å². The molecule has 1 saturated heterocycles. The van der Waals surface area contributed by atoms with E-state index in [0.29, 0.717) is 54.8 Å². The number of nitrogens with one attached hydrogen (secondary N) is 1. The van der Waals surface area contributed by atoms with Gasteiger partial charge in [0, 0.05) is 37.3 Å². The molecule has 0 spiro atoms. The highest BCUT2D eigenvalue weighted by Crippen LogP contribution is 2.21. The van der Waals surface area contributed by atoms with Gasteiger partial charge in [-0.15, -0.1) is 0 Å². The lowest BCUT2D eigenvalue weighted by Gasteiger charge is -2.22. The van der Waals surface area contributed by atoms with Crippen LogP contribution in [0.5, 0.6) is 0 Å². The molecular formula is C22H22F2N4O2. The summed E-state index contributed by atoms with van der Waals surface area (Å²) in [6, 6.07) is 12.2. The van der Waals surface area contributed by atoms with E-state index in [1.54, 1.807) is 34.1 Å². The third kappa shape index (κ3) is 4.03. The van der Waals surface area contributed by atoms with Crippen LogP contribution in [0.2, 0.25) is 0 Å². The van der Waals surface area contributed by atoms with Gasteiger partial charge in [0.25, 0.3) is 18.2 Å². The van der Waals surface area contributed by atoms with Gasteiger partial charge in [0.2, 0.25) is 0 Å². The van der Waals surface area contributed by atoms with E-state index in [1.165, 1.54) is 0 Å². The molecule has 2 amide bonds. The van der Waals surface area contributed by atoms with Gasteiger partial charge >= 0.3 is 0 Å². The maximum absolute atomic E-state index is 13.0. The Hall–Kier alpha value is -3.29. The van der Waals surface area contributed by atoms with Crippen molar-refractivity contribution in [3.05, 3.63) is 65.0 Å². The standard InChI is InChI=1S/C22H22F2N4O2/c1-14-4-2-5-15(12-14)21(29)27-8-3-9-28(11-10-27)22(30)16-6-7-17-18(13-16)26-20(25-17)19(23)24/h2,4-7,12-13,19H,3,8-11H2,1H3,(H,25,26).